The van der Waals surface area contributed by atoms with Crippen LogP contribution in [0.4, 0.5) is 5.69 Å². The number of H-pyrrole nitrogens is 1. The minimum absolute atomic E-state index is 0.0348. The van der Waals surface area contributed by atoms with Gasteiger partial charge in [-0.3, -0.25) is 9.89 Å². The summed E-state index contributed by atoms with van der Waals surface area (Å²) in [5, 5.41) is 10.8. The zero-order chi connectivity index (χ0) is 15.5. The molecule has 3 aromatic rings. The van der Waals surface area contributed by atoms with Crippen LogP contribution >= 0.6 is 0 Å². The van der Waals surface area contributed by atoms with Crippen LogP contribution < -0.4 is 10.1 Å². The molecule has 0 fully saturated rings. The smallest absolute Gasteiger partial charge is 0.262 e. The van der Waals surface area contributed by atoms with Crippen molar-refractivity contribution in [3.05, 3.63) is 53.7 Å². The maximum atomic E-state index is 12.1. The van der Waals surface area contributed by atoms with E-state index in [9.17, 15) is 4.79 Å². The lowest BCUT2D eigenvalue weighted by Gasteiger charge is -2.09. The van der Waals surface area contributed by atoms with Crippen LogP contribution in [-0.4, -0.2) is 22.7 Å². The lowest BCUT2D eigenvalue weighted by Crippen LogP contribution is -2.20. The fourth-order valence-corrected chi connectivity index (χ4v) is 2.32. The zero-order valence-corrected chi connectivity index (χ0v) is 12.5. The highest BCUT2D eigenvalue weighted by atomic mass is 16.5. The Kier molecular flexibility index (Phi) is 3.78. The molecule has 5 nitrogen and oxygen atoms in total. The molecule has 1 aromatic heterocycles. The summed E-state index contributed by atoms with van der Waals surface area (Å²) >= 11 is 0. The van der Waals surface area contributed by atoms with Gasteiger partial charge in [0, 0.05) is 5.39 Å². The first-order valence-electron chi connectivity index (χ1n) is 7.05. The molecule has 0 aliphatic rings. The molecule has 0 radical (unpaired) electrons. The first-order valence-corrected chi connectivity index (χ1v) is 7.05. The lowest BCUT2D eigenvalue weighted by atomic mass is 10.1. The fraction of sp³-hybridized carbons (Fsp3) is 0.176. The fourth-order valence-electron chi connectivity index (χ4n) is 2.32. The molecule has 1 amide bonds. The number of aromatic amines is 1. The highest BCUT2D eigenvalue weighted by Crippen LogP contribution is 2.24. The molecule has 0 spiro atoms. The number of anilines is 1. The van der Waals surface area contributed by atoms with E-state index in [0.29, 0.717) is 11.4 Å². The minimum Gasteiger partial charge on any atom is -0.484 e. The predicted octanol–water partition coefficient (Wildman–Crippen LogP) is 3.20. The Morgan fingerprint density at radius 2 is 2.14 bits per heavy atom. The number of aromatic nitrogens is 2. The summed E-state index contributed by atoms with van der Waals surface area (Å²) in [6.45, 7) is 3.95. The molecule has 3 rings (SSSR count). The van der Waals surface area contributed by atoms with Crippen molar-refractivity contribution in [2.45, 2.75) is 13.8 Å². The second kappa shape index (κ2) is 5.89. The van der Waals surface area contributed by atoms with Crippen LogP contribution in [0.1, 0.15) is 11.1 Å². The number of carbonyl (C=O) groups excluding carboxylic acids is 1. The SMILES string of the molecule is Cc1cccc(OCC(=O)Nc2ccc(C)c3cn[nH]c23)c1. The third-order valence-electron chi connectivity index (χ3n) is 3.47. The Hall–Kier alpha value is -2.82. The average Bonchev–Trinajstić information content (AvgIpc) is 2.99. The van der Waals surface area contributed by atoms with Crippen molar-refractivity contribution in [3.63, 3.8) is 0 Å². The van der Waals surface area contributed by atoms with Gasteiger partial charge in [-0.05, 0) is 43.2 Å². The number of benzene rings is 2. The van der Waals surface area contributed by atoms with Crippen molar-refractivity contribution in [2.24, 2.45) is 0 Å². The normalized spacial score (nSPS) is 10.6. The molecule has 112 valence electrons. The van der Waals surface area contributed by atoms with E-state index in [-0.39, 0.29) is 12.5 Å². The van der Waals surface area contributed by atoms with Crippen molar-refractivity contribution in [2.75, 3.05) is 11.9 Å². The zero-order valence-electron chi connectivity index (χ0n) is 12.5. The molecule has 0 aliphatic heterocycles. The van der Waals surface area contributed by atoms with Gasteiger partial charge in [0.25, 0.3) is 5.91 Å². The second-order valence-corrected chi connectivity index (χ2v) is 5.24. The number of nitrogens with one attached hydrogen (secondary N) is 2. The first kappa shape index (κ1) is 14.1. The van der Waals surface area contributed by atoms with Crippen LogP contribution in [0.25, 0.3) is 10.9 Å². The van der Waals surface area contributed by atoms with E-state index in [1.165, 1.54) is 0 Å². The van der Waals surface area contributed by atoms with Crippen molar-refractivity contribution in [1.82, 2.24) is 10.2 Å². The van der Waals surface area contributed by atoms with Crippen molar-refractivity contribution < 1.29 is 9.53 Å². The van der Waals surface area contributed by atoms with Gasteiger partial charge in [-0.15, -0.1) is 0 Å². The number of amides is 1. The van der Waals surface area contributed by atoms with Crippen LogP contribution in [0.2, 0.25) is 0 Å². The molecule has 22 heavy (non-hydrogen) atoms. The molecule has 0 aliphatic carbocycles. The molecule has 1 heterocycles. The maximum absolute atomic E-state index is 12.1. The third kappa shape index (κ3) is 2.93. The Morgan fingerprint density at radius 3 is 2.95 bits per heavy atom. The van der Waals surface area contributed by atoms with E-state index in [2.05, 4.69) is 15.5 Å². The predicted molar refractivity (Wildman–Crippen MR) is 86.1 cm³/mol. The molecule has 0 bridgehead atoms. The van der Waals surface area contributed by atoms with Crippen molar-refractivity contribution in [3.8, 4) is 5.75 Å². The van der Waals surface area contributed by atoms with E-state index in [1.807, 2.05) is 50.2 Å². The molecular weight excluding hydrogens is 278 g/mol. The van der Waals surface area contributed by atoms with Gasteiger partial charge in [0.05, 0.1) is 17.4 Å². The quantitative estimate of drug-likeness (QED) is 0.776. The van der Waals surface area contributed by atoms with E-state index in [4.69, 9.17) is 4.74 Å². The topological polar surface area (TPSA) is 67.0 Å². The number of hydrogen-bond acceptors (Lipinski definition) is 3. The molecule has 2 aromatic carbocycles. The Morgan fingerprint density at radius 1 is 1.27 bits per heavy atom. The highest BCUT2D eigenvalue weighted by Gasteiger charge is 2.09. The van der Waals surface area contributed by atoms with Crippen LogP contribution in [-0.2, 0) is 4.79 Å². The monoisotopic (exact) mass is 295 g/mol. The highest BCUT2D eigenvalue weighted by molar-refractivity contribution is 6.01. The average molecular weight is 295 g/mol. The van der Waals surface area contributed by atoms with E-state index >= 15 is 0 Å². The second-order valence-electron chi connectivity index (χ2n) is 5.24. The number of nitrogens with zero attached hydrogens (tertiary/aromatic N) is 1. The van der Waals surface area contributed by atoms with Gasteiger partial charge in [-0.25, -0.2) is 0 Å². The van der Waals surface area contributed by atoms with Gasteiger partial charge >= 0.3 is 0 Å². The number of rotatable bonds is 4. The molecule has 0 unspecified atom stereocenters. The summed E-state index contributed by atoms with van der Waals surface area (Å²) in [6.07, 6.45) is 1.75. The maximum Gasteiger partial charge on any atom is 0.262 e. The van der Waals surface area contributed by atoms with Crippen LogP contribution in [0.3, 0.4) is 0 Å². The van der Waals surface area contributed by atoms with Crippen LogP contribution in [0.5, 0.6) is 5.75 Å². The molecule has 0 atom stereocenters. The minimum atomic E-state index is -0.207. The summed E-state index contributed by atoms with van der Waals surface area (Å²) in [6, 6.07) is 11.4. The lowest BCUT2D eigenvalue weighted by molar-refractivity contribution is -0.118. The van der Waals surface area contributed by atoms with Crippen molar-refractivity contribution in [1.29, 1.82) is 0 Å². The number of carbonyl (C=O) groups is 1. The van der Waals surface area contributed by atoms with Gasteiger partial charge in [0.1, 0.15) is 5.75 Å². The third-order valence-corrected chi connectivity index (χ3v) is 3.47. The molecule has 0 saturated carbocycles. The number of ether oxygens (including phenoxy) is 1. The van der Waals surface area contributed by atoms with Gasteiger partial charge in [-0.2, -0.15) is 5.10 Å². The van der Waals surface area contributed by atoms with E-state index < -0.39 is 0 Å². The van der Waals surface area contributed by atoms with E-state index in [0.717, 1.165) is 22.0 Å². The molecular formula is C17H17N3O2. The number of hydrogen-bond donors (Lipinski definition) is 2. The first-order chi connectivity index (χ1) is 10.6. The van der Waals surface area contributed by atoms with Crippen LogP contribution in [0.15, 0.2) is 42.6 Å². The summed E-state index contributed by atoms with van der Waals surface area (Å²) in [5.41, 5.74) is 3.73. The Labute approximate surface area is 128 Å². The van der Waals surface area contributed by atoms with Gasteiger partial charge in [0.15, 0.2) is 6.61 Å². The molecule has 5 heteroatoms. The molecule has 2 N–H and O–H groups in total. The van der Waals surface area contributed by atoms with Crippen molar-refractivity contribution >= 4 is 22.5 Å². The summed E-state index contributed by atoms with van der Waals surface area (Å²) in [4.78, 5) is 12.1. The number of aryl methyl sites for hydroxylation is 2. The molecule has 0 saturated heterocycles. The van der Waals surface area contributed by atoms with Gasteiger partial charge in [-0.1, -0.05) is 18.2 Å². The number of fused-ring (bicyclic) bond motifs is 1. The Balaban J connectivity index is 1.68. The summed E-state index contributed by atoms with van der Waals surface area (Å²) in [5.74, 6) is 0.479. The standard InChI is InChI=1S/C17H17N3O2/c1-11-4-3-5-13(8-11)22-10-16(21)19-15-7-6-12(2)14-9-18-20-17(14)15/h3-9H,10H2,1-2H3,(H,18,20)(H,19,21). The van der Waals surface area contributed by atoms with E-state index in [1.54, 1.807) is 6.20 Å². The summed E-state index contributed by atoms with van der Waals surface area (Å²) < 4.78 is 5.50. The largest absolute Gasteiger partial charge is 0.484 e. The van der Waals surface area contributed by atoms with Gasteiger partial charge < -0.3 is 10.1 Å². The van der Waals surface area contributed by atoms with Crippen LogP contribution in [0, 0.1) is 13.8 Å². The Bertz CT molecular complexity index is 824. The summed E-state index contributed by atoms with van der Waals surface area (Å²) in [7, 11) is 0. The van der Waals surface area contributed by atoms with Gasteiger partial charge in [0.2, 0.25) is 0 Å².